The maximum absolute atomic E-state index is 12.9. The third-order valence-electron chi connectivity index (χ3n) is 5.82. The molecule has 4 heteroatoms. The summed E-state index contributed by atoms with van der Waals surface area (Å²) in [6.45, 7) is 4.45. The number of carbonyl (C=O) groups excluding carboxylic acids is 1. The number of nitrogens with zero attached hydrogens (tertiary/aromatic N) is 3. The van der Waals surface area contributed by atoms with Gasteiger partial charge in [0.2, 0.25) is 0 Å². The van der Waals surface area contributed by atoms with Gasteiger partial charge in [-0.1, -0.05) is 36.4 Å². The molecule has 0 saturated carbocycles. The Morgan fingerprint density at radius 1 is 0.963 bits per heavy atom. The van der Waals surface area contributed by atoms with Gasteiger partial charge >= 0.3 is 0 Å². The molecule has 0 unspecified atom stereocenters. The largest absolute Gasteiger partial charge is 0.336 e. The zero-order valence-corrected chi connectivity index (χ0v) is 16.4. The second-order valence-electron chi connectivity index (χ2n) is 8.10. The van der Waals surface area contributed by atoms with Crippen LogP contribution < -0.4 is 0 Å². The predicted molar refractivity (Wildman–Crippen MR) is 109 cm³/mol. The highest BCUT2D eigenvalue weighted by atomic mass is 16.2. The molecule has 1 fully saturated rings. The summed E-state index contributed by atoms with van der Waals surface area (Å²) in [6.07, 6.45) is 2.30. The Bertz CT molecular complexity index is 784. The molecule has 1 amide bonds. The van der Waals surface area contributed by atoms with Crippen molar-refractivity contribution >= 4 is 5.91 Å². The van der Waals surface area contributed by atoms with Crippen molar-refractivity contribution in [2.45, 2.75) is 25.4 Å². The van der Waals surface area contributed by atoms with Gasteiger partial charge in [0.15, 0.2) is 0 Å². The third kappa shape index (κ3) is 4.07. The van der Waals surface area contributed by atoms with E-state index in [1.807, 2.05) is 23.1 Å². The number of fused-ring (bicyclic) bond motifs is 1. The SMILES string of the molecule is CN(C)Cc1cccc(C(=O)N2CCN(C3Cc4ccccc4C3)CC2)c1. The normalized spacial score (nSPS) is 18.1. The average molecular weight is 364 g/mol. The zero-order chi connectivity index (χ0) is 18.8. The number of hydrogen-bond donors (Lipinski definition) is 0. The van der Waals surface area contributed by atoms with Crippen molar-refractivity contribution in [2.24, 2.45) is 0 Å². The monoisotopic (exact) mass is 363 g/mol. The van der Waals surface area contributed by atoms with E-state index in [2.05, 4.69) is 54.2 Å². The molecule has 4 nitrogen and oxygen atoms in total. The van der Waals surface area contributed by atoms with Gasteiger partial charge in [-0.25, -0.2) is 0 Å². The average Bonchev–Trinajstić information content (AvgIpc) is 3.11. The van der Waals surface area contributed by atoms with Gasteiger partial charge in [-0.05, 0) is 55.8 Å². The molecular formula is C23H29N3O. The van der Waals surface area contributed by atoms with Crippen LogP contribution in [0, 0.1) is 0 Å². The van der Waals surface area contributed by atoms with E-state index in [-0.39, 0.29) is 5.91 Å². The first-order valence-electron chi connectivity index (χ1n) is 9.94. The van der Waals surface area contributed by atoms with Crippen molar-refractivity contribution in [3.8, 4) is 0 Å². The highest BCUT2D eigenvalue weighted by Gasteiger charge is 2.30. The first-order chi connectivity index (χ1) is 13.1. The van der Waals surface area contributed by atoms with Crippen molar-refractivity contribution in [2.75, 3.05) is 40.3 Å². The molecule has 1 heterocycles. The number of amides is 1. The van der Waals surface area contributed by atoms with Gasteiger partial charge < -0.3 is 9.80 Å². The Balaban J connectivity index is 1.35. The van der Waals surface area contributed by atoms with E-state index in [9.17, 15) is 4.79 Å². The number of hydrogen-bond acceptors (Lipinski definition) is 3. The predicted octanol–water partition coefficient (Wildman–Crippen LogP) is 2.67. The summed E-state index contributed by atoms with van der Waals surface area (Å²) >= 11 is 0. The van der Waals surface area contributed by atoms with Crippen LogP contribution in [0.2, 0.25) is 0 Å². The van der Waals surface area contributed by atoms with Gasteiger partial charge in [-0.2, -0.15) is 0 Å². The lowest BCUT2D eigenvalue weighted by molar-refractivity contribution is 0.0576. The minimum absolute atomic E-state index is 0.171. The fraction of sp³-hybridized carbons (Fsp3) is 0.435. The van der Waals surface area contributed by atoms with Gasteiger partial charge in [0, 0.05) is 44.3 Å². The van der Waals surface area contributed by atoms with E-state index in [0.29, 0.717) is 6.04 Å². The minimum Gasteiger partial charge on any atom is -0.336 e. The van der Waals surface area contributed by atoms with Crippen molar-refractivity contribution < 1.29 is 4.79 Å². The lowest BCUT2D eigenvalue weighted by Crippen LogP contribution is -2.52. The number of piperazine rings is 1. The molecular weight excluding hydrogens is 334 g/mol. The standard InChI is InChI=1S/C23H29N3O/c1-24(2)17-18-6-5-9-21(14-18)23(27)26-12-10-25(11-13-26)22-15-19-7-3-4-8-20(19)16-22/h3-9,14,22H,10-13,15-17H2,1-2H3. The molecule has 0 spiro atoms. The van der Waals surface area contributed by atoms with Crippen LogP contribution in [0.1, 0.15) is 27.0 Å². The van der Waals surface area contributed by atoms with Crippen LogP contribution in [0.3, 0.4) is 0 Å². The maximum Gasteiger partial charge on any atom is 0.253 e. The Kier molecular flexibility index (Phi) is 5.28. The smallest absolute Gasteiger partial charge is 0.253 e. The van der Waals surface area contributed by atoms with Crippen molar-refractivity contribution in [1.29, 1.82) is 0 Å². The molecule has 27 heavy (non-hydrogen) atoms. The lowest BCUT2D eigenvalue weighted by atomic mass is 10.1. The summed E-state index contributed by atoms with van der Waals surface area (Å²) in [5.74, 6) is 0.171. The number of carbonyl (C=O) groups is 1. The fourth-order valence-corrected chi connectivity index (χ4v) is 4.43. The molecule has 142 valence electrons. The first-order valence-corrected chi connectivity index (χ1v) is 9.94. The summed E-state index contributed by atoms with van der Waals surface area (Å²) in [7, 11) is 4.10. The summed E-state index contributed by atoms with van der Waals surface area (Å²) in [4.78, 5) is 19.7. The zero-order valence-electron chi connectivity index (χ0n) is 16.4. The van der Waals surface area contributed by atoms with Crippen LogP contribution in [0.4, 0.5) is 0 Å². The summed E-state index contributed by atoms with van der Waals surface area (Å²) < 4.78 is 0. The van der Waals surface area contributed by atoms with Gasteiger partial charge in [0.25, 0.3) is 5.91 Å². The minimum atomic E-state index is 0.171. The molecule has 0 bridgehead atoms. The molecule has 1 saturated heterocycles. The van der Waals surface area contributed by atoms with E-state index in [1.54, 1.807) is 0 Å². The van der Waals surface area contributed by atoms with Crippen LogP contribution in [0.5, 0.6) is 0 Å². The van der Waals surface area contributed by atoms with E-state index in [0.717, 1.165) is 51.1 Å². The topological polar surface area (TPSA) is 26.8 Å². The van der Waals surface area contributed by atoms with E-state index in [1.165, 1.54) is 16.7 Å². The van der Waals surface area contributed by atoms with Crippen LogP contribution in [-0.4, -0.2) is 66.9 Å². The molecule has 0 aromatic heterocycles. The quantitative estimate of drug-likeness (QED) is 0.836. The van der Waals surface area contributed by atoms with E-state index < -0.39 is 0 Å². The highest BCUT2D eigenvalue weighted by molar-refractivity contribution is 5.94. The molecule has 1 aliphatic heterocycles. The summed E-state index contributed by atoms with van der Waals surface area (Å²) in [5, 5.41) is 0. The summed E-state index contributed by atoms with van der Waals surface area (Å²) in [6, 6.07) is 17.5. The summed E-state index contributed by atoms with van der Waals surface area (Å²) in [5.41, 5.74) is 5.00. The molecule has 0 radical (unpaired) electrons. The van der Waals surface area contributed by atoms with Crippen LogP contribution in [0.25, 0.3) is 0 Å². The Morgan fingerprint density at radius 3 is 2.26 bits per heavy atom. The molecule has 2 aromatic carbocycles. The number of benzene rings is 2. The molecule has 2 aromatic rings. The van der Waals surface area contributed by atoms with Gasteiger partial charge in [0.05, 0.1) is 0 Å². The van der Waals surface area contributed by atoms with Gasteiger partial charge in [0.1, 0.15) is 0 Å². The maximum atomic E-state index is 12.9. The van der Waals surface area contributed by atoms with Crippen molar-refractivity contribution in [1.82, 2.24) is 14.7 Å². The molecule has 0 N–H and O–H groups in total. The second-order valence-corrected chi connectivity index (χ2v) is 8.10. The fourth-order valence-electron chi connectivity index (χ4n) is 4.43. The second kappa shape index (κ2) is 7.83. The number of rotatable bonds is 4. The van der Waals surface area contributed by atoms with Crippen molar-refractivity contribution in [3.63, 3.8) is 0 Å². The lowest BCUT2D eigenvalue weighted by Gasteiger charge is -2.38. The molecule has 0 atom stereocenters. The van der Waals surface area contributed by atoms with Gasteiger partial charge in [-0.15, -0.1) is 0 Å². The molecule has 4 rings (SSSR count). The Morgan fingerprint density at radius 2 is 1.63 bits per heavy atom. The van der Waals surface area contributed by atoms with E-state index in [4.69, 9.17) is 0 Å². The molecule has 1 aliphatic carbocycles. The third-order valence-corrected chi connectivity index (χ3v) is 5.82. The first kappa shape index (κ1) is 18.2. The Labute approximate surface area is 162 Å². The molecule has 2 aliphatic rings. The Hall–Kier alpha value is -2.17. The van der Waals surface area contributed by atoms with Gasteiger partial charge in [-0.3, -0.25) is 9.69 Å². The van der Waals surface area contributed by atoms with Crippen LogP contribution >= 0.6 is 0 Å². The van der Waals surface area contributed by atoms with Crippen LogP contribution in [-0.2, 0) is 19.4 Å². The van der Waals surface area contributed by atoms with Crippen molar-refractivity contribution in [3.05, 3.63) is 70.8 Å². The van der Waals surface area contributed by atoms with Crippen LogP contribution in [0.15, 0.2) is 48.5 Å². The highest BCUT2D eigenvalue weighted by Crippen LogP contribution is 2.26. The van der Waals surface area contributed by atoms with E-state index >= 15 is 0 Å².